The van der Waals surface area contributed by atoms with Gasteiger partial charge < -0.3 is 4.74 Å². The summed E-state index contributed by atoms with van der Waals surface area (Å²) < 4.78 is 5.55. The Balaban J connectivity index is 2.29. The zero-order valence-electron chi connectivity index (χ0n) is 8.42. The lowest BCUT2D eigenvalue weighted by atomic mass is 10.0. The number of hydrogen-bond donors (Lipinski definition) is 0. The fraction of sp³-hybridized carbons (Fsp3) is 0.500. The Morgan fingerprint density at radius 3 is 3.14 bits per heavy atom. The van der Waals surface area contributed by atoms with Crippen LogP contribution in [0.2, 0.25) is 0 Å². The molecule has 0 fully saturated rings. The van der Waals surface area contributed by atoms with Gasteiger partial charge in [0.15, 0.2) is 0 Å². The third kappa shape index (κ3) is 1.88. The van der Waals surface area contributed by atoms with Gasteiger partial charge in [-0.1, -0.05) is 19.1 Å². The lowest BCUT2D eigenvalue weighted by Gasteiger charge is -2.18. The van der Waals surface area contributed by atoms with Crippen molar-refractivity contribution in [3.63, 3.8) is 0 Å². The van der Waals surface area contributed by atoms with Crippen molar-refractivity contribution in [2.24, 2.45) is 0 Å². The van der Waals surface area contributed by atoms with Gasteiger partial charge in [0.25, 0.3) is 0 Å². The molecule has 0 amide bonds. The fourth-order valence-electron chi connectivity index (χ4n) is 1.81. The van der Waals surface area contributed by atoms with E-state index in [1.807, 2.05) is 0 Å². The van der Waals surface area contributed by atoms with E-state index >= 15 is 0 Å². The second-order valence-corrected chi connectivity index (χ2v) is 4.22. The molecular formula is C12H15ClO. The van der Waals surface area contributed by atoms with Gasteiger partial charge in [-0.25, -0.2) is 0 Å². The quantitative estimate of drug-likeness (QED) is 0.677. The summed E-state index contributed by atoms with van der Waals surface area (Å²) in [6.45, 7) is 2.96. The van der Waals surface area contributed by atoms with Gasteiger partial charge in [-0.2, -0.15) is 0 Å². The molecular weight excluding hydrogens is 196 g/mol. The second kappa shape index (κ2) is 4.22. The van der Waals surface area contributed by atoms with E-state index in [0.29, 0.717) is 0 Å². The predicted molar refractivity (Wildman–Crippen MR) is 59.1 cm³/mol. The molecule has 0 spiro atoms. The highest BCUT2D eigenvalue weighted by Crippen LogP contribution is 2.31. The SMILES string of the molecule is CCC(Cl)c1ccc2c(c1)CCCO2. The van der Waals surface area contributed by atoms with Crippen LogP contribution in [0.15, 0.2) is 18.2 Å². The topological polar surface area (TPSA) is 9.23 Å². The molecule has 1 unspecified atom stereocenters. The van der Waals surface area contributed by atoms with E-state index in [2.05, 4.69) is 25.1 Å². The van der Waals surface area contributed by atoms with E-state index in [1.54, 1.807) is 0 Å². The number of benzene rings is 1. The average Bonchev–Trinajstić information content (AvgIpc) is 2.27. The van der Waals surface area contributed by atoms with Gasteiger partial charge in [0.1, 0.15) is 5.75 Å². The maximum Gasteiger partial charge on any atom is 0.122 e. The van der Waals surface area contributed by atoms with Crippen molar-refractivity contribution in [3.8, 4) is 5.75 Å². The van der Waals surface area contributed by atoms with Crippen LogP contribution in [0, 0.1) is 0 Å². The van der Waals surface area contributed by atoms with E-state index in [-0.39, 0.29) is 5.38 Å². The summed E-state index contributed by atoms with van der Waals surface area (Å²) in [7, 11) is 0. The summed E-state index contributed by atoms with van der Waals surface area (Å²) in [5.74, 6) is 1.04. The third-order valence-corrected chi connectivity index (χ3v) is 3.21. The summed E-state index contributed by atoms with van der Waals surface area (Å²) in [5.41, 5.74) is 2.53. The molecule has 76 valence electrons. The molecule has 0 N–H and O–H groups in total. The van der Waals surface area contributed by atoms with Crippen LogP contribution >= 0.6 is 11.6 Å². The predicted octanol–water partition coefficient (Wildman–Crippen LogP) is 3.70. The molecule has 0 bridgehead atoms. The molecule has 14 heavy (non-hydrogen) atoms. The van der Waals surface area contributed by atoms with E-state index in [4.69, 9.17) is 16.3 Å². The molecule has 1 aliphatic heterocycles. The second-order valence-electron chi connectivity index (χ2n) is 3.69. The van der Waals surface area contributed by atoms with Crippen LogP contribution < -0.4 is 4.74 Å². The Morgan fingerprint density at radius 2 is 2.36 bits per heavy atom. The number of fused-ring (bicyclic) bond motifs is 1. The normalized spacial score (nSPS) is 17.0. The number of alkyl halides is 1. The van der Waals surface area contributed by atoms with Gasteiger partial charge in [0.2, 0.25) is 0 Å². The molecule has 2 rings (SSSR count). The van der Waals surface area contributed by atoms with Crippen LogP contribution in [-0.4, -0.2) is 6.61 Å². The highest BCUT2D eigenvalue weighted by atomic mass is 35.5. The first-order chi connectivity index (χ1) is 6.81. The molecule has 1 aromatic rings. The van der Waals surface area contributed by atoms with Crippen molar-refractivity contribution in [3.05, 3.63) is 29.3 Å². The minimum Gasteiger partial charge on any atom is -0.493 e. The first-order valence-electron chi connectivity index (χ1n) is 5.21. The van der Waals surface area contributed by atoms with Gasteiger partial charge in [-0.15, -0.1) is 11.6 Å². The monoisotopic (exact) mass is 210 g/mol. The maximum absolute atomic E-state index is 6.19. The number of ether oxygens (including phenoxy) is 1. The van der Waals surface area contributed by atoms with Crippen LogP contribution in [-0.2, 0) is 6.42 Å². The smallest absolute Gasteiger partial charge is 0.122 e. The van der Waals surface area contributed by atoms with E-state index < -0.39 is 0 Å². The van der Waals surface area contributed by atoms with Crippen LogP contribution in [0.5, 0.6) is 5.75 Å². The van der Waals surface area contributed by atoms with Crippen LogP contribution in [0.3, 0.4) is 0 Å². The van der Waals surface area contributed by atoms with Crippen LogP contribution in [0.1, 0.15) is 36.3 Å². The van der Waals surface area contributed by atoms with Gasteiger partial charge in [0, 0.05) is 0 Å². The summed E-state index contributed by atoms with van der Waals surface area (Å²) >= 11 is 6.19. The van der Waals surface area contributed by atoms with Crippen molar-refractivity contribution < 1.29 is 4.74 Å². The summed E-state index contributed by atoms with van der Waals surface area (Å²) in [6, 6.07) is 6.32. The summed E-state index contributed by atoms with van der Waals surface area (Å²) in [5, 5.41) is 0.141. The van der Waals surface area contributed by atoms with Crippen LogP contribution in [0.25, 0.3) is 0 Å². The van der Waals surface area contributed by atoms with Gasteiger partial charge in [-0.05, 0) is 36.5 Å². The highest BCUT2D eigenvalue weighted by molar-refractivity contribution is 6.20. The molecule has 1 atom stereocenters. The van der Waals surface area contributed by atoms with E-state index in [9.17, 15) is 0 Å². The van der Waals surface area contributed by atoms with Crippen molar-refractivity contribution in [2.75, 3.05) is 6.61 Å². The molecule has 2 heteroatoms. The fourth-order valence-corrected chi connectivity index (χ4v) is 1.95. The molecule has 0 aromatic heterocycles. The Hall–Kier alpha value is -0.690. The van der Waals surface area contributed by atoms with Gasteiger partial charge in [0.05, 0.1) is 12.0 Å². The Bertz CT molecular complexity index is 322. The Labute approximate surface area is 90.0 Å². The Morgan fingerprint density at radius 1 is 1.50 bits per heavy atom. The minimum atomic E-state index is 0.141. The zero-order valence-corrected chi connectivity index (χ0v) is 9.18. The molecule has 0 aliphatic carbocycles. The first-order valence-corrected chi connectivity index (χ1v) is 5.64. The lowest BCUT2D eigenvalue weighted by molar-refractivity contribution is 0.288. The molecule has 1 aromatic carbocycles. The molecule has 1 aliphatic rings. The molecule has 0 saturated carbocycles. The zero-order chi connectivity index (χ0) is 9.97. The minimum absolute atomic E-state index is 0.141. The van der Waals surface area contributed by atoms with Gasteiger partial charge >= 0.3 is 0 Å². The summed E-state index contributed by atoms with van der Waals surface area (Å²) in [6.07, 6.45) is 3.22. The van der Waals surface area contributed by atoms with Crippen molar-refractivity contribution in [1.82, 2.24) is 0 Å². The number of aryl methyl sites for hydroxylation is 1. The van der Waals surface area contributed by atoms with Crippen molar-refractivity contribution in [1.29, 1.82) is 0 Å². The number of rotatable bonds is 2. The largest absolute Gasteiger partial charge is 0.493 e. The highest BCUT2D eigenvalue weighted by Gasteiger charge is 2.13. The average molecular weight is 211 g/mol. The van der Waals surface area contributed by atoms with Crippen LogP contribution in [0.4, 0.5) is 0 Å². The molecule has 0 saturated heterocycles. The number of hydrogen-bond acceptors (Lipinski definition) is 1. The molecule has 1 heterocycles. The Kier molecular flexibility index (Phi) is 2.97. The molecule has 1 nitrogen and oxygen atoms in total. The lowest BCUT2D eigenvalue weighted by Crippen LogP contribution is -2.08. The standard InChI is InChI=1S/C12H15ClO/c1-2-11(13)9-5-6-12-10(8-9)4-3-7-14-12/h5-6,8,11H,2-4,7H2,1H3. The molecule has 0 radical (unpaired) electrons. The van der Waals surface area contributed by atoms with Gasteiger partial charge in [-0.3, -0.25) is 0 Å². The van der Waals surface area contributed by atoms with Crippen molar-refractivity contribution in [2.45, 2.75) is 31.6 Å². The summed E-state index contributed by atoms with van der Waals surface area (Å²) in [4.78, 5) is 0. The maximum atomic E-state index is 6.19. The number of halogens is 1. The third-order valence-electron chi connectivity index (χ3n) is 2.65. The van der Waals surface area contributed by atoms with Crippen molar-refractivity contribution >= 4 is 11.6 Å². The van der Waals surface area contributed by atoms with E-state index in [0.717, 1.165) is 31.6 Å². The van der Waals surface area contributed by atoms with E-state index in [1.165, 1.54) is 11.1 Å². The first kappa shape index (κ1) is 9.85.